The summed E-state index contributed by atoms with van der Waals surface area (Å²) in [6, 6.07) is 10.0. The van der Waals surface area contributed by atoms with Crippen molar-refractivity contribution in [3.63, 3.8) is 0 Å². The Hall–Kier alpha value is -3.34. The van der Waals surface area contributed by atoms with Gasteiger partial charge in [-0.25, -0.2) is 18.7 Å². The van der Waals surface area contributed by atoms with Crippen LogP contribution in [0.1, 0.15) is 28.8 Å². The van der Waals surface area contributed by atoms with Crippen molar-refractivity contribution in [2.45, 2.75) is 25.4 Å². The minimum Gasteiger partial charge on any atom is -0.365 e. The van der Waals surface area contributed by atoms with E-state index in [-0.39, 0.29) is 23.0 Å². The zero-order chi connectivity index (χ0) is 26.9. The highest BCUT2D eigenvalue weighted by atomic mass is 35.5. The summed E-state index contributed by atoms with van der Waals surface area (Å²) < 4.78 is 28.5. The lowest BCUT2D eigenvalue weighted by molar-refractivity contribution is 0.0643. The minimum atomic E-state index is -0.661. The number of benzene rings is 2. The molecule has 0 radical (unpaired) electrons. The van der Waals surface area contributed by atoms with E-state index in [9.17, 15) is 13.6 Å². The van der Waals surface area contributed by atoms with Crippen molar-refractivity contribution in [2.24, 2.45) is 0 Å². The molecule has 0 bridgehead atoms. The number of carbonyl (C=O) groups is 1. The van der Waals surface area contributed by atoms with E-state index in [2.05, 4.69) is 20.5 Å². The molecule has 6 rings (SSSR count). The van der Waals surface area contributed by atoms with E-state index in [1.165, 1.54) is 0 Å². The lowest BCUT2D eigenvalue weighted by atomic mass is 10.0. The van der Waals surface area contributed by atoms with Crippen LogP contribution in [0.15, 0.2) is 42.6 Å². The monoisotopic (exact) mass is 553 g/mol. The molecule has 0 saturated carbocycles. The summed E-state index contributed by atoms with van der Waals surface area (Å²) in [6.45, 7) is 5.74. The van der Waals surface area contributed by atoms with Gasteiger partial charge < -0.3 is 20.4 Å². The topological polar surface area (TPSA) is 76.6 Å². The van der Waals surface area contributed by atoms with Gasteiger partial charge in [0.25, 0.3) is 5.91 Å². The SMILES string of the molecule is O=C(c1ccc(-c2cnc3c(n2)N(Cc2c(F)ccc(F)c2Cl)CCN3)cc1)N1CCC(N2CCNC2)CC1. The van der Waals surface area contributed by atoms with Gasteiger partial charge in [0.2, 0.25) is 0 Å². The summed E-state index contributed by atoms with van der Waals surface area (Å²) in [5.74, 6) is -0.0812. The number of fused-ring (bicyclic) bond motifs is 1. The third-order valence-electron chi connectivity index (χ3n) is 7.80. The lowest BCUT2D eigenvalue weighted by Crippen LogP contribution is -2.46. The van der Waals surface area contributed by atoms with Gasteiger partial charge in [-0.2, -0.15) is 0 Å². The first-order chi connectivity index (χ1) is 19.0. The van der Waals surface area contributed by atoms with Crippen molar-refractivity contribution < 1.29 is 13.6 Å². The fourth-order valence-corrected chi connectivity index (χ4v) is 5.79. The molecule has 3 aromatic rings. The number of hydrogen-bond acceptors (Lipinski definition) is 7. The fourth-order valence-electron chi connectivity index (χ4n) is 5.57. The van der Waals surface area contributed by atoms with Gasteiger partial charge in [-0.1, -0.05) is 23.7 Å². The van der Waals surface area contributed by atoms with Crippen LogP contribution >= 0.6 is 11.6 Å². The Morgan fingerprint density at radius 3 is 2.51 bits per heavy atom. The van der Waals surface area contributed by atoms with Crippen LogP contribution in [0.3, 0.4) is 0 Å². The number of amides is 1. The molecule has 1 aromatic heterocycles. The smallest absolute Gasteiger partial charge is 0.253 e. The molecule has 0 aliphatic carbocycles. The summed E-state index contributed by atoms with van der Waals surface area (Å²) in [4.78, 5) is 28.7. The molecule has 2 aromatic carbocycles. The van der Waals surface area contributed by atoms with Crippen molar-refractivity contribution in [3.05, 3.63) is 70.4 Å². The van der Waals surface area contributed by atoms with Crippen molar-refractivity contribution in [1.82, 2.24) is 25.1 Å². The zero-order valence-corrected chi connectivity index (χ0v) is 22.2. The third kappa shape index (κ3) is 5.28. The minimum absolute atomic E-state index is 0.0421. The molecule has 3 aliphatic rings. The average molecular weight is 554 g/mol. The van der Waals surface area contributed by atoms with Crippen molar-refractivity contribution in [3.8, 4) is 11.3 Å². The van der Waals surface area contributed by atoms with Crippen LogP contribution in [-0.2, 0) is 6.54 Å². The Balaban J connectivity index is 1.16. The molecule has 204 valence electrons. The van der Waals surface area contributed by atoms with E-state index in [1.54, 1.807) is 6.20 Å². The van der Waals surface area contributed by atoms with E-state index < -0.39 is 11.6 Å². The maximum Gasteiger partial charge on any atom is 0.253 e. The predicted molar refractivity (Wildman–Crippen MR) is 147 cm³/mol. The number of hydrogen-bond donors (Lipinski definition) is 2. The van der Waals surface area contributed by atoms with Gasteiger partial charge in [-0.3, -0.25) is 9.69 Å². The van der Waals surface area contributed by atoms with Crippen LogP contribution in [0.25, 0.3) is 11.3 Å². The highest BCUT2D eigenvalue weighted by Gasteiger charge is 2.29. The maximum atomic E-state index is 14.5. The Kier molecular flexibility index (Phi) is 7.33. The van der Waals surface area contributed by atoms with Crippen LogP contribution in [0, 0.1) is 11.6 Å². The second-order valence-corrected chi connectivity index (χ2v) is 10.5. The molecule has 3 aliphatic heterocycles. The van der Waals surface area contributed by atoms with Crippen LogP contribution < -0.4 is 15.5 Å². The fraction of sp³-hybridized carbons (Fsp3) is 0.393. The number of rotatable bonds is 5. The molecule has 8 nitrogen and oxygen atoms in total. The van der Waals surface area contributed by atoms with Gasteiger partial charge in [0, 0.05) is 75.2 Å². The molecule has 39 heavy (non-hydrogen) atoms. The van der Waals surface area contributed by atoms with E-state index >= 15 is 0 Å². The summed E-state index contributed by atoms with van der Waals surface area (Å²) >= 11 is 6.08. The number of carbonyl (C=O) groups excluding carboxylic acids is 1. The number of aromatic nitrogens is 2. The molecule has 4 heterocycles. The third-order valence-corrected chi connectivity index (χ3v) is 8.21. The van der Waals surface area contributed by atoms with Gasteiger partial charge in [-0.05, 0) is 37.1 Å². The molecule has 0 unspecified atom stereocenters. The highest BCUT2D eigenvalue weighted by molar-refractivity contribution is 6.31. The Morgan fingerprint density at radius 1 is 1.00 bits per heavy atom. The van der Waals surface area contributed by atoms with Gasteiger partial charge in [0.1, 0.15) is 11.6 Å². The first-order valence-corrected chi connectivity index (χ1v) is 13.7. The van der Waals surface area contributed by atoms with Crippen molar-refractivity contribution in [1.29, 1.82) is 0 Å². The van der Waals surface area contributed by atoms with Gasteiger partial charge in [-0.15, -0.1) is 0 Å². The normalized spacial score (nSPS) is 18.2. The van der Waals surface area contributed by atoms with E-state index in [0.717, 1.165) is 63.4 Å². The lowest BCUT2D eigenvalue weighted by Gasteiger charge is -2.36. The van der Waals surface area contributed by atoms with Gasteiger partial charge >= 0.3 is 0 Å². The number of anilines is 2. The molecule has 2 saturated heterocycles. The van der Waals surface area contributed by atoms with Crippen LogP contribution in [0.2, 0.25) is 5.02 Å². The van der Waals surface area contributed by atoms with Gasteiger partial charge in [0.15, 0.2) is 11.6 Å². The number of likely N-dealkylation sites (tertiary alicyclic amines) is 1. The van der Waals surface area contributed by atoms with Gasteiger partial charge in [0.05, 0.1) is 16.9 Å². The summed E-state index contributed by atoms with van der Waals surface area (Å²) in [5.41, 5.74) is 2.15. The average Bonchev–Trinajstić information content (AvgIpc) is 3.52. The predicted octanol–water partition coefficient (Wildman–Crippen LogP) is 3.97. The molecule has 2 fully saturated rings. The molecular formula is C28H30ClF2N7O. The molecular weight excluding hydrogens is 524 g/mol. The first kappa shape index (κ1) is 25.9. The molecule has 11 heteroatoms. The number of nitrogens with zero attached hydrogens (tertiary/aromatic N) is 5. The van der Waals surface area contributed by atoms with E-state index in [1.807, 2.05) is 34.1 Å². The second-order valence-electron chi connectivity index (χ2n) is 10.2. The molecule has 0 spiro atoms. The van der Waals surface area contributed by atoms with Crippen LogP contribution in [-0.4, -0.2) is 77.7 Å². The summed E-state index contributed by atoms with van der Waals surface area (Å²) in [6.07, 6.45) is 3.65. The molecule has 2 N–H and O–H groups in total. The summed E-state index contributed by atoms with van der Waals surface area (Å²) in [5, 5.41) is 6.36. The van der Waals surface area contributed by atoms with E-state index in [0.29, 0.717) is 42.0 Å². The van der Waals surface area contributed by atoms with Crippen LogP contribution in [0.5, 0.6) is 0 Å². The highest BCUT2D eigenvalue weighted by Crippen LogP contribution is 2.32. The van der Waals surface area contributed by atoms with E-state index in [4.69, 9.17) is 16.6 Å². The Bertz CT molecular complexity index is 1360. The van der Waals surface area contributed by atoms with Crippen molar-refractivity contribution in [2.75, 3.05) is 56.2 Å². The molecule has 0 atom stereocenters. The first-order valence-electron chi connectivity index (χ1n) is 13.3. The standard InChI is InChI=1S/C28H30ClF2N7O/c29-25-21(22(30)5-6-23(25)31)16-37-14-10-33-26-27(37)35-24(15-34-26)18-1-3-19(4-2-18)28(39)36-11-7-20(8-12-36)38-13-9-32-17-38/h1-6,15,20,32H,7-14,16-17H2,(H,33,34). The maximum absolute atomic E-state index is 14.5. The largest absolute Gasteiger partial charge is 0.365 e. The quantitative estimate of drug-likeness (QED) is 0.463. The number of piperidine rings is 1. The Labute approximate surface area is 231 Å². The second kappa shape index (κ2) is 11.0. The van der Waals surface area contributed by atoms with Crippen LogP contribution in [0.4, 0.5) is 20.4 Å². The number of nitrogens with one attached hydrogen (secondary N) is 2. The summed E-state index contributed by atoms with van der Waals surface area (Å²) in [7, 11) is 0. The Morgan fingerprint density at radius 2 is 1.77 bits per heavy atom. The molecule has 1 amide bonds. The van der Waals surface area contributed by atoms with Crippen molar-refractivity contribution >= 4 is 29.1 Å². The number of halogens is 3. The zero-order valence-electron chi connectivity index (χ0n) is 21.5.